The maximum Gasteiger partial charge on any atom is 0.236 e. The summed E-state index contributed by atoms with van der Waals surface area (Å²) >= 11 is 0. The van der Waals surface area contributed by atoms with Crippen molar-refractivity contribution in [3.05, 3.63) is 0 Å². The van der Waals surface area contributed by atoms with E-state index in [1.54, 1.807) is 4.90 Å². The van der Waals surface area contributed by atoms with E-state index in [1.807, 2.05) is 26.0 Å². The van der Waals surface area contributed by atoms with Crippen LogP contribution in [0, 0.1) is 11.8 Å². The molecule has 2 rings (SSSR count). The molecule has 2 aliphatic rings. The Balaban J connectivity index is 1.70. The Hall–Kier alpha value is -1.10. The highest BCUT2D eigenvalue weighted by atomic mass is 16.2. The van der Waals surface area contributed by atoms with Crippen LogP contribution in [0.25, 0.3) is 0 Å². The Kier molecular flexibility index (Phi) is 6.88. The van der Waals surface area contributed by atoms with Gasteiger partial charge in [-0.2, -0.15) is 0 Å². The van der Waals surface area contributed by atoms with Gasteiger partial charge in [0.25, 0.3) is 0 Å². The predicted octanol–water partition coefficient (Wildman–Crippen LogP) is 1.83. The number of hydrogen-bond acceptors (Lipinski definition) is 3. The summed E-state index contributed by atoms with van der Waals surface area (Å²) in [6.07, 6.45) is 8.29. The van der Waals surface area contributed by atoms with Crippen molar-refractivity contribution < 1.29 is 9.59 Å². The maximum atomic E-state index is 12.4. The van der Waals surface area contributed by atoms with E-state index in [1.165, 1.54) is 32.1 Å². The zero-order valence-electron chi connectivity index (χ0n) is 15.1. The average molecular weight is 323 g/mol. The van der Waals surface area contributed by atoms with E-state index in [0.29, 0.717) is 12.5 Å². The Morgan fingerprint density at radius 3 is 2.13 bits per heavy atom. The van der Waals surface area contributed by atoms with Gasteiger partial charge in [-0.15, -0.1) is 0 Å². The van der Waals surface area contributed by atoms with Crippen molar-refractivity contribution in [2.75, 3.05) is 47.3 Å². The molecule has 1 aliphatic carbocycles. The van der Waals surface area contributed by atoms with E-state index in [2.05, 4.69) is 4.90 Å². The lowest BCUT2D eigenvalue weighted by atomic mass is 9.89. The molecule has 0 radical (unpaired) electrons. The summed E-state index contributed by atoms with van der Waals surface area (Å²) in [4.78, 5) is 30.2. The standard InChI is InChI=1S/C18H33N3O2/c1-19(2)18(23)16-9-11-21(12-10-16)14-17(22)20(3)13-15-7-5-4-6-8-15/h15-16H,4-14H2,1-3H3. The highest BCUT2D eigenvalue weighted by Crippen LogP contribution is 2.24. The van der Waals surface area contributed by atoms with Crippen molar-refractivity contribution in [3.63, 3.8) is 0 Å². The van der Waals surface area contributed by atoms with E-state index in [-0.39, 0.29) is 17.7 Å². The minimum Gasteiger partial charge on any atom is -0.349 e. The number of carbonyl (C=O) groups is 2. The van der Waals surface area contributed by atoms with E-state index < -0.39 is 0 Å². The minimum atomic E-state index is 0.135. The first kappa shape index (κ1) is 18.2. The van der Waals surface area contributed by atoms with Crippen molar-refractivity contribution >= 4 is 11.8 Å². The van der Waals surface area contributed by atoms with Gasteiger partial charge in [-0.3, -0.25) is 14.5 Å². The van der Waals surface area contributed by atoms with Crippen LogP contribution in [0.4, 0.5) is 0 Å². The van der Waals surface area contributed by atoms with Crippen LogP contribution in [-0.4, -0.2) is 73.8 Å². The van der Waals surface area contributed by atoms with Gasteiger partial charge >= 0.3 is 0 Å². The molecule has 1 heterocycles. The molecule has 5 heteroatoms. The van der Waals surface area contributed by atoms with Crippen LogP contribution in [0.3, 0.4) is 0 Å². The summed E-state index contributed by atoms with van der Waals surface area (Å²) in [5.74, 6) is 1.29. The zero-order valence-corrected chi connectivity index (χ0v) is 15.1. The Labute approximate surface area is 141 Å². The molecule has 0 aromatic rings. The summed E-state index contributed by atoms with van der Waals surface area (Å²) in [6.45, 7) is 3.13. The molecule has 0 spiro atoms. The third kappa shape index (κ3) is 5.48. The molecule has 132 valence electrons. The highest BCUT2D eigenvalue weighted by Gasteiger charge is 2.27. The molecule has 2 fully saturated rings. The third-order valence-electron chi connectivity index (χ3n) is 5.42. The predicted molar refractivity (Wildman–Crippen MR) is 92.1 cm³/mol. The van der Waals surface area contributed by atoms with Gasteiger partial charge in [-0.05, 0) is 44.7 Å². The lowest BCUT2D eigenvalue weighted by Gasteiger charge is -2.33. The summed E-state index contributed by atoms with van der Waals surface area (Å²) in [7, 11) is 5.58. The summed E-state index contributed by atoms with van der Waals surface area (Å²) in [5.41, 5.74) is 0. The van der Waals surface area contributed by atoms with Crippen LogP contribution < -0.4 is 0 Å². The van der Waals surface area contributed by atoms with Crippen LogP contribution in [0.1, 0.15) is 44.9 Å². The van der Waals surface area contributed by atoms with Crippen LogP contribution in [-0.2, 0) is 9.59 Å². The van der Waals surface area contributed by atoms with Gasteiger partial charge < -0.3 is 9.80 Å². The van der Waals surface area contributed by atoms with Gasteiger partial charge in [0.15, 0.2) is 0 Å². The van der Waals surface area contributed by atoms with Gasteiger partial charge in [0.05, 0.1) is 6.54 Å². The van der Waals surface area contributed by atoms with E-state index in [4.69, 9.17) is 0 Å². The fraction of sp³-hybridized carbons (Fsp3) is 0.889. The molecule has 2 amide bonds. The highest BCUT2D eigenvalue weighted by molar-refractivity contribution is 5.79. The van der Waals surface area contributed by atoms with Crippen molar-refractivity contribution in [1.29, 1.82) is 0 Å². The fourth-order valence-electron chi connectivity index (χ4n) is 3.87. The van der Waals surface area contributed by atoms with E-state index >= 15 is 0 Å². The lowest BCUT2D eigenvalue weighted by Crippen LogP contribution is -2.45. The molecular formula is C18H33N3O2. The van der Waals surface area contributed by atoms with Gasteiger partial charge in [-0.1, -0.05) is 19.3 Å². The molecule has 1 saturated heterocycles. The summed E-state index contributed by atoms with van der Waals surface area (Å²) in [6, 6.07) is 0. The topological polar surface area (TPSA) is 43.9 Å². The van der Waals surface area contributed by atoms with Gasteiger partial charge in [-0.25, -0.2) is 0 Å². The molecule has 0 aromatic heterocycles. The minimum absolute atomic E-state index is 0.135. The molecule has 5 nitrogen and oxygen atoms in total. The Morgan fingerprint density at radius 1 is 0.957 bits per heavy atom. The molecule has 23 heavy (non-hydrogen) atoms. The summed E-state index contributed by atoms with van der Waals surface area (Å²) in [5, 5.41) is 0. The van der Waals surface area contributed by atoms with Crippen LogP contribution >= 0.6 is 0 Å². The monoisotopic (exact) mass is 323 g/mol. The molecule has 0 bridgehead atoms. The van der Waals surface area contributed by atoms with Crippen molar-refractivity contribution in [2.24, 2.45) is 11.8 Å². The van der Waals surface area contributed by atoms with E-state index in [0.717, 1.165) is 32.5 Å². The second-order valence-electron chi connectivity index (χ2n) is 7.56. The molecule has 0 aromatic carbocycles. The Bertz CT molecular complexity index is 397. The van der Waals surface area contributed by atoms with Gasteiger partial charge in [0.1, 0.15) is 0 Å². The number of amides is 2. The van der Waals surface area contributed by atoms with Crippen molar-refractivity contribution in [2.45, 2.75) is 44.9 Å². The summed E-state index contributed by atoms with van der Waals surface area (Å²) < 4.78 is 0. The fourth-order valence-corrected chi connectivity index (χ4v) is 3.87. The number of rotatable bonds is 5. The van der Waals surface area contributed by atoms with Crippen LogP contribution in [0.2, 0.25) is 0 Å². The third-order valence-corrected chi connectivity index (χ3v) is 5.42. The second-order valence-corrected chi connectivity index (χ2v) is 7.56. The smallest absolute Gasteiger partial charge is 0.236 e. The number of carbonyl (C=O) groups excluding carboxylic acids is 2. The SMILES string of the molecule is CN(C)C(=O)C1CCN(CC(=O)N(C)CC2CCCCC2)CC1. The molecule has 0 N–H and O–H groups in total. The quantitative estimate of drug-likeness (QED) is 0.775. The van der Waals surface area contributed by atoms with Gasteiger partial charge in [0, 0.05) is 33.6 Å². The number of hydrogen-bond donors (Lipinski definition) is 0. The van der Waals surface area contributed by atoms with Crippen LogP contribution in [0.5, 0.6) is 0 Å². The molecular weight excluding hydrogens is 290 g/mol. The zero-order chi connectivity index (χ0) is 16.8. The Morgan fingerprint density at radius 2 is 1.57 bits per heavy atom. The molecule has 0 atom stereocenters. The first-order valence-corrected chi connectivity index (χ1v) is 9.15. The molecule has 1 saturated carbocycles. The number of likely N-dealkylation sites (N-methyl/N-ethyl adjacent to an activating group) is 1. The molecule has 1 aliphatic heterocycles. The van der Waals surface area contributed by atoms with Crippen molar-refractivity contribution in [3.8, 4) is 0 Å². The van der Waals surface area contributed by atoms with Crippen molar-refractivity contribution in [1.82, 2.24) is 14.7 Å². The molecule has 0 unspecified atom stereocenters. The largest absolute Gasteiger partial charge is 0.349 e. The number of piperidine rings is 1. The second kappa shape index (κ2) is 8.67. The number of nitrogens with zero attached hydrogens (tertiary/aromatic N) is 3. The maximum absolute atomic E-state index is 12.4. The number of likely N-dealkylation sites (tertiary alicyclic amines) is 1. The van der Waals surface area contributed by atoms with Crippen LogP contribution in [0.15, 0.2) is 0 Å². The first-order chi connectivity index (χ1) is 11.0. The van der Waals surface area contributed by atoms with Gasteiger partial charge in [0.2, 0.25) is 11.8 Å². The first-order valence-electron chi connectivity index (χ1n) is 9.15. The normalized spacial score (nSPS) is 21.2. The average Bonchev–Trinajstić information content (AvgIpc) is 2.55. The lowest BCUT2D eigenvalue weighted by molar-refractivity contribution is -0.135. The van der Waals surface area contributed by atoms with E-state index in [9.17, 15) is 9.59 Å².